The molecule has 1 N–H and O–H groups in total. The SMILES string of the molecule is CCOC(=O)[C@]1(Cc2ccc(F)cc2F)CCCN(C(=O)Nc2ccc(F)cc2F)C1. The number of esters is 1. The number of rotatable bonds is 5. The Morgan fingerprint density at radius 1 is 1.06 bits per heavy atom. The van der Waals surface area contributed by atoms with Crippen LogP contribution in [0.1, 0.15) is 25.3 Å². The lowest BCUT2D eigenvalue weighted by atomic mass is 9.75. The molecule has 0 aromatic heterocycles. The Balaban J connectivity index is 1.84. The summed E-state index contributed by atoms with van der Waals surface area (Å²) in [5, 5.41) is 2.37. The van der Waals surface area contributed by atoms with Crippen LogP contribution >= 0.6 is 0 Å². The number of hydrogen-bond acceptors (Lipinski definition) is 3. The molecule has 0 unspecified atom stereocenters. The van der Waals surface area contributed by atoms with Crippen LogP contribution in [0.25, 0.3) is 0 Å². The summed E-state index contributed by atoms with van der Waals surface area (Å²) in [4.78, 5) is 26.9. The van der Waals surface area contributed by atoms with E-state index in [1.165, 1.54) is 11.0 Å². The highest BCUT2D eigenvalue weighted by Crippen LogP contribution is 2.36. The number of benzene rings is 2. The minimum Gasteiger partial charge on any atom is -0.466 e. The number of hydrogen-bond donors (Lipinski definition) is 1. The van der Waals surface area contributed by atoms with Crippen molar-refractivity contribution in [1.82, 2.24) is 4.90 Å². The van der Waals surface area contributed by atoms with E-state index in [9.17, 15) is 27.2 Å². The normalized spacial score (nSPS) is 18.5. The number of nitrogens with zero attached hydrogens (tertiary/aromatic N) is 1. The molecule has 3 rings (SSSR count). The van der Waals surface area contributed by atoms with E-state index in [0.29, 0.717) is 18.9 Å². The molecule has 0 spiro atoms. The van der Waals surface area contributed by atoms with E-state index >= 15 is 0 Å². The van der Waals surface area contributed by atoms with Gasteiger partial charge in [-0.1, -0.05) is 6.07 Å². The molecule has 0 aliphatic carbocycles. The summed E-state index contributed by atoms with van der Waals surface area (Å²) >= 11 is 0. The Hall–Kier alpha value is -3.10. The molecule has 1 atom stereocenters. The third kappa shape index (κ3) is 5.15. The molecule has 1 heterocycles. The zero-order valence-corrected chi connectivity index (χ0v) is 16.9. The van der Waals surface area contributed by atoms with Gasteiger partial charge in [0, 0.05) is 25.2 Å². The molecule has 2 aromatic rings. The van der Waals surface area contributed by atoms with E-state index in [-0.39, 0.29) is 37.4 Å². The van der Waals surface area contributed by atoms with Gasteiger partial charge in [0.1, 0.15) is 23.3 Å². The van der Waals surface area contributed by atoms with Crippen molar-refractivity contribution in [2.75, 3.05) is 25.0 Å². The fourth-order valence-corrected chi connectivity index (χ4v) is 3.79. The second kappa shape index (κ2) is 9.36. The maximum absolute atomic E-state index is 14.3. The first-order valence-corrected chi connectivity index (χ1v) is 9.86. The predicted octanol–water partition coefficient (Wildman–Crippen LogP) is 4.66. The molecule has 0 bridgehead atoms. The number of anilines is 1. The van der Waals surface area contributed by atoms with Gasteiger partial charge in [0.15, 0.2) is 0 Å². The van der Waals surface area contributed by atoms with E-state index in [4.69, 9.17) is 4.74 Å². The highest BCUT2D eigenvalue weighted by molar-refractivity contribution is 5.90. The smallest absolute Gasteiger partial charge is 0.321 e. The summed E-state index contributed by atoms with van der Waals surface area (Å²) in [6.45, 7) is 1.91. The zero-order chi connectivity index (χ0) is 22.6. The quantitative estimate of drug-likeness (QED) is 0.546. The monoisotopic (exact) mass is 438 g/mol. The van der Waals surface area contributed by atoms with E-state index in [1.54, 1.807) is 6.92 Å². The maximum Gasteiger partial charge on any atom is 0.321 e. The highest BCUT2D eigenvalue weighted by atomic mass is 19.1. The number of urea groups is 1. The lowest BCUT2D eigenvalue weighted by Crippen LogP contribution is -2.52. The van der Waals surface area contributed by atoms with Crippen LogP contribution in [0.5, 0.6) is 0 Å². The minimum atomic E-state index is -1.24. The van der Waals surface area contributed by atoms with Gasteiger partial charge in [-0.25, -0.2) is 22.4 Å². The number of amides is 2. The topological polar surface area (TPSA) is 58.6 Å². The first kappa shape index (κ1) is 22.6. The minimum absolute atomic E-state index is 0.0906. The van der Waals surface area contributed by atoms with Crippen molar-refractivity contribution in [2.24, 2.45) is 5.41 Å². The number of carbonyl (C=O) groups excluding carboxylic acids is 2. The summed E-state index contributed by atoms with van der Waals surface area (Å²) in [7, 11) is 0. The lowest BCUT2D eigenvalue weighted by Gasteiger charge is -2.41. The van der Waals surface area contributed by atoms with Crippen molar-refractivity contribution in [3.63, 3.8) is 0 Å². The summed E-state index contributed by atoms with van der Waals surface area (Å²) in [6.07, 6.45) is 0.658. The predicted molar refractivity (Wildman–Crippen MR) is 105 cm³/mol. The van der Waals surface area contributed by atoms with Crippen LogP contribution in [-0.4, -0.2) is 36.6 Å². The van der Waals surface area contributed by atoms with E-state index < -0.39 is 40.7 Å². The molecule has 1 aliphatic heterocycles. The van der Waals surface area contributed by atoms with Gasteiger partial charge in [0.2, 0.25) is 0 Å². The van der Waals surface area contributed by atoms with Crippen molar-refractivity contribution in [3.8, 4) is 0 Å². The molecule has 31 heavy (non-hydrogen) atoms. The summed E-state index contributed by atoms with van der Waals surface area (Å²) < 4.78 is 59.8. The van der Waals surface area contributed by atoms with Gasteiger partial charge in [-0.2, -0.15) is 0 Å². The van der Waals surface area contributed by atoms with Crippen molar-refractivity contribution < 1.29 is 31.9 Å². The van der Waals surface area contributed by atoms with Crippen LogP contribution in [-0.2, 0) is 16.0 Å². The average molecular weight is 438 g/mol. The Morgan fingerprint density at radius 3 is 2.39 bits per heavy atom. The number of carbonyl (C=O) groups is 2. The Bertz CT molecular complexity index is 985. The van der Waals surface area contributed by atoms with E-state index in [1.807, 2.05) is 0 Å². The third-order valence-electron chi connectivity index (χ3n) is 5.29. The van der Waals surface area contributed by atoms with Crippen LogP contribution in [0.2, 0.25) is 0 Å². The molecule has 9 heteroatoms. The first-order chi connectivity index (χ1) is 14.7. The number of ether oxygens (including phenoxy) is 1. The van der Waals surface area contributed by atoms with Crippen LogP contribution < -0.4 is 5.32 Å². The molecule has 5 nitrogen and oxygen atoms in total. The number of likely N-dealkylation sites (tertiary alicyclic amines) is 1. The summed E-state index contributed by atoms with van der Waals surface area (Å²) in [6, 6.07) is 5.16. The molecule has 2 aromatic carbocycles. The largest absolute Gasteiger partial charge is 0.466 e. The van der Waals surface area contributed by atoms with Crippen LogP contribution in [0.15, 0.2) is 36.4 Å². The zero-order valence-electron chi connectivity index (χ0n) is 16.9. The van der Waals surface area contributed by atoms with Gasteiger partial charge in [0.25, 0.3) is 0 Å². The lowest BCUT2D eigenvalue weighted by molar-refractivity contribution is -0.158. The van der Waals surface area contributed by atoms with Crippen molar-refractivity contribution in [1.29, 1.82) is 0 Å². The van der Waals surface area contributed by atoms with Crippen LogP contribution in [0, 0.1) is 28.7 Å². The molecule has 0 radical (unpaired) electrons. The van der Waals surface area contributed by atoms with E-state index in [0.717, 1.165) is 24.3 Å². The summed E-state index contributed by atoms with van der Waals surface area (Å²) in [5.41, 5.74) is -1.32. The van der Waals surface area contributed by atoms with Gasteiger partial charge in [-0.3, -0.25) is 4.79 Å². The second-order valence-corrected chi connectivity index (χ2v) is 7.49. The molecule has 1 aliphatic rings. The highest BCUT2D eigenvalue weighted by Gasteiger charge is 2.45. The molecular formula is C22H22F4N2O3. The van der Waals surface area contributed by atoms with Gasteiger partial charge < -0.3 is 15.0 Å². The fourth-order valence-electron chi connectivity index (χ4n) is 3.79. The van der Waals surface area contributed by atoms with Crippen molar-refractivity contribution >= 4 is 17.7 Å². The molecule has 1 fully saturated rings. The molecule has 0 saturated carbocycles. The van der Waals surface area contributed by atoms with Gasteiger partial charge >= 0.3 is 12.0 Å². The first-order valence-electron chi connectivity index (χ1n) is 9.86. The van der Waals surface area contributed by atoms with Crippen molar-refractivity contribution in [2.45, 2.75) is 26.2 Å². The molecule has 1 saturated heterocycles. The standard InChI is InChI=1S/C22H22F4N2O3/c1-2-31-20(29)22(12-14-4-5-15(23)10-17(14)25)8-3-9-28(13-22)21(30)27-19-7-6-16(24)11-18(19)26/h4-7,10-11H,2-3,8-9,12-13H2,1H3,(H,27,30)/t22-/m0/s1. The third-order valence-corrected chi connectivity index (χ3v) is 5.29. The molecule has 166 valence electrons. The molecule has 2 amide bonds. The number of nitrogens with one attached hydrogen (secondary N) is 1. The van der Waals surface area contributed by atoms with Gasteiger partial charge in [-0.15, -0.1) is 0 Å². The van der Waals surface area contributed by atoms with Crippen molar-refractivity contribution in [3.05, 3.63) is 65.2 Å². The second-order valence-electron chi connectivity index (χ2n) is 7.49. The Morgan fingerprint density at radius 2 is 1.74 bits per heavy atom. The fraction of sp³-hybridized carbons (Fsp3) is 0.364. The van der Waals surface area contributed by atoms with Crippen LogP contribution in [0.4, 0.5) is 28.0 Å². The number of halogens is 4. The molecular weight excluding hydrogens is 416 g/mol. The van der Waals surface area contributed by atoms with E-state index in [2.05, 4.69) is 5.32 Å². The Labute approximate surface area is 177 Å². The Kier molecular flexibility index (Phi) is 6.82. The van der Waals surface area contributed by atoms with Gasteiger partial charge in [-0.05, 0) is 49.9 Å². The summed E-state index contributed by atoms with van der Waals surface area (Å²) in [5.74, 6) is -3.84. The maximum atomic E-state index is 14.3. The average Bonchev–Trinajstić information content (AvgIpc) is 2.72. The van der Waals surface area contributed by atoms with Gasteiger partial charge in [0.05, 0.1) is 17.7 Å². The number of piperidine rings is 1. The van der Waals surface area contributed by atoms with Crippen LogP contribution in [0.3, 0.4) is 0 Å².